The van der Waals surface area contributed by atoms with Crippen molar-refractivity contribution in [2.75, 3.05) is 25.1 Å². The van der Waals surface area contributed by atoms with E-state index in [0.717, 1.165) is 48.9 Å². The number of halogens is 2. The van der Waals surface area contributed by atoms with Crippen molar-refractivity contribution in [2.24, 2.45) is 0 Å². The molecule has 1 fully saturated rings. The monoisotopic (exact) mass is 498 g/mol. The van der Waals surface area contributed by atoms with Gasteiger partial charge in [0, 0.05) is 12.1 Å². The zero-order chi connectivity index (χ0) is 24.0. The van der Waals surface area contributed by atoms with Crippen LogP contribution in [0.5, 0.6) is 11.5 Å². The number of methoxy groups -OCH3 is 2. The molecule has 1 aliphatic carbocycles. The second kappa shape index (κ2) is 11.1. The Bertz CT molecular complexity index is 1090. The molecule has 7 nitrogen and oxygen atoms in total. The number of sulfonamides is 1. The number of nitrogens with zero attached hydrogens (tertiary/aromatic N) is 1. The lowest BCUT2D eigenvalue weighted by molar-refractivity contribution is -0.120. The first-order valence-electron chi connectivity index (χ1n) is 10.8. The lowest BCUT2D eigenvalue weighted by Crippen LogP contribution is -2.44. The summed E-state index contributed by atoms with van der Waals surface area (Å²) in [5, 5.41) is 2.71. The Labute approximate surface area is 198 Å². The summed E-state index contributed by atoms with van der Waals surface area (Å²) in [6.45, 7) is -0.477. The molecular formula is C23H28ClFN2O5S. The number of hydrogen-bond donors (Lipinski definition) is 1. The van der Waals surface area contributed by atoms with E-state index in [4.69, 9.17) is 21.1 Å². The Kier molecular flexibility index (Phi) is 8.42. The fourth-order valence-electron chi connectivity index (χ4n) is 3.89. The molecule has 180 valence electrons. The molecule has 0 aliphatic heterocycles. The highest BCUT2D eigenvalue weighted by atomic mass is 35.5. The van der Waals surface area contributed by atoms with Gasteiger partial charge in [-0.2, -0.15) is 0 Å². The van der Waals surface area contributed by atoms with E-state index >= 15 is 0 Å². The number of hydrogen-bond acceptors (Lipinski definition) is 5. The fraction of sp³-hybridized carbons (Fsp3) is 0.435. The van der Waals surface area contributed by atoms with Crippen LogP contribution in [0.3, 0.4) is 0 Å². The Morgan fingerprint density at radius 2 is 1.73 bits per heavy atom. The third kappa shape index (κ3) is 6.09. The van der Waals surface area contributed by atoms with E-state index in [0.29, 0.717) is 5.75 Å². The van der Waals surface area contributed by atoms with Gasteiger partial charge in [0.25, 0.3) is 10.0 Å². The fourth-order valence-corrected chi connectivity index (χ4v) is 5.49. The molecule has 2 aromatic rings. The van der Waals surface area contributed by atoms with Gasteiger partial charge in [-0.25, -0.2) is 12.8 Å². The number of ether oxygens (including phenoxy) is 2. The molecule has 33 heavy (non-hydrogen) atoms. The van der Waals surface area contributed by atoms with Gasteiger partial charge in [0.1, 0.15) is 12.4 Å². The third-order valence-electron chi connectivity index (χ3n) is 5.64. The van der Waals surface area contributed by atoms with Crippen molar-refractivity contribution >= 4 is 33.2 Å². The average molecular weight is 499 g/mol. The highest BCUT2D eigenvalue weighted by Gasteiger charge is 2.29. The molecular weight excluding hydrogens is 471 g/mol. The molecule has 3 rings (SSSR count). The molecule has 2 aromatic carbocycles. The molecule has 0 atom stereocenters. The number of nitrogens with one attached hydrogen (secondary N) is 1. The zero-order valence-electron chi connectivity index (χ0n) is 18.6. The Morgan fingerprint density at radius 1 is 1.06 bits per heavy atom. The van der Waals surface area contributed by atoms with Crippen molar-refractivity contribution in [1.82, 2.24) is 5.32 Å². The van der Waals surface area contributed by atoms with Gasteiger partial charge in [-0.05, 0) is 43.2 Å². The topological polar surface area (TPSA) is 84.9 Å². The molecule has 1 saturated carbocycles. The second-order valence-electron chi connectivity index (χ2n) is 7.88. The summed E-state index contributed by atoms with van der Waals surface area (Å²) in [4.78, 5) is 12.8. The van der Waals surface area contributed by atoms with E-state index in [1.807, 2.05) is 0 Å². The van der Waals surface area contributed by atoms with Crippen LogP contribution >= 0.6 is 11.6 Å². The molecule has 0 aromatic heterocycles. The normalized spacial score (nSPS) is 14.9. The van der Waals surface area contributed by atoms with E-state index in [9.17, 15) is 17.6 Å². The maximum atomic E-state index is 13.8. The van der Waals surface area contributed by atoms with Gasteiger partial charge in [0.15, 0.2) is 11.5 Å². The van der Waals surface area contributed by atoms with E-state index < -0.39 is 28.3 Å². The van der Waals surface area contributed by atoms with E-state index in [1.54, 1.807) is 0 Å². The number of benzene rings is 2. The van der Waals surface area contributed by atoms with Gasteiger partial charge >= 0.3 is 0 Å². The van der Waals surface area contributed by atoms with Crippen LogP contribution in [0.25, 0.3) is 0 Å². The number of anilines is 1. The van der Waals surface area contributed by atoms with Gasteiger partial charge in [-0.15, -0.1) is 0 Å². The molecule has 0 bridgehead atoms. The summed E-state index contributed by atoms with van der Waals surface area (Å²) < 4.78 is 52.3. The highest BCUT2D eigenvalue weighted by Crippen LogP contribution is 2.33. The van der Waals surface area contributed by atoms with Crippen LogP contribution in [0.15, 0.2) is 41.3 Å². The molecule has 0 spiro atoms. The summed E-state index contributed by atoms with van der Waals surface area (Å²) in [5.41, 5.74) is 0.0761. The maximum absolute atomic E-state index is 13.8. The number of amides is 1. The second-order valence-corrected chi connectivity index (χ2v) is 10.2. The minimum Gasteiger partial charge on any atom is -0.493 e. The predicted octanol–water partition coefficient (Wildman–Crippen LogP) is 4.53. The Hall–Kier alpha value is -2.52. The minimum atomic E-state index is -4.23. The first-order valence-corrected chi connectivity index (χ1v) is 12.6. The summed E-state index contributed by atoms with van der Waals surface area (Å²) in [5.74, 6) is -0.546. The first-order chi connectivity index (χ1) is 15.8. The van der Waals surface area contributed by atoms with Gasteiger partial charge < -0.3 is 14.8 Å². The lowest BCUT2D eigenvalue weighted by Gasteiger charge is -2.26. The molecule has 0 unspecified atom stereocenters. The molecule has 1 N–H and O–H groups in total. The van der Waals surface area contributed by atoms with E-state index in [1.165, 1.54) is 44.6 Å². The SMILES string of the molecule is COc1ccc(S(=O)(=O)N(CC(=O)NC2CCCCCC2)c2ccc(F)c(Cl)c2)cc1OC. The molecule has 10 heteroatoms. The van der Waals surface area contributed by atoms with Crippen LogP contribution in [0.1, 0.15) is 38.5 Å². The Balaban J connectivity index is 1.95. The van der Waals surface area contributed by atoms with Crippen LogP contribution in [-0.2, 0) is 14.8 Å². The molecule has 0 radical (unpaired) electrons. The minimum absolute atomic E-state index is 0.00226. The van der Waals surface area contributed by atoms with E-state index in [-0.39, 0.29) is 27.4 Å². The largest absolute Gasteiger partial charge is 0.493 e. The third-order valence-corrected chi connectivity index (χ3v) is 7.70. The quantitative estimate of drug-likeness (QED) is 0.540. The smallest absolute Gasteiger partial charge is 0.264 e. The first kappa shape index (κ1) is 25.1. The van der Waals surface area contributed by atoms with Crippen molar-refractivity contribution < 1.29 is 27.1 Å². The van der Waals surface area contributed by atoms with Crippen molar-refractivity contribution in [3.8, 4) is 11.5 Å². The standard InChI is InChI=1S/C23H28ClFN2O5S/c1-31-21-12-10-18(14-22(21)32-2)33(29,30)27(17-9-11-20(25)19(24)13-17)15-23(28)26-16-7-5-3-4-6-8-16/h9-14,16H,3-8,15H2,1-2H3,(H,26,28). The zero-order valence-corrected chi connectivity index (χ0v) is 20.2. The average Bonchev–Trinajstić information content (AvgIpc) is 3.07. The van der Waals surface area contributed by atoms with Crippen molar-refractivity contribution in [3.63, 3.8) is 0 Å². The van der Waals surface area contributed by atoms with Crippen LogP contribution in [0.2, 0.25) is 5.02 Å². The van der Waals surface area contributed by atoms with Crippen molar-refractivity contribution in [3.05, 3.63) is 47.2 Å². The van der Waals surface area contributed by atoms with E-state index in [2.05, 4.69) is 5.32 Å². The lowest BCUT2D eigenvalue weighted by atomic mass is 10.1. The van der Waals surface area contributed by atoms with Gasteiger partial charge in [-0.1, -0.05) is 37.3 Å². The molecule has 0 saturated heterocycles. The van der Waals surface area contributed by atoms with Crippen LogP contribution in [0, 0.1) is 5.82 Å². The van der Waals surface area contributed by atoms with Crippen molar-refractivity contribution in [2.45, 2.75) is 49.5 Å². The number of rotatable bonds is 8. The van der Waals surface area contributed by atoms with Crippen LogP contribution < -0.4 is 19.1 Å². The highest BCUT2D eigenvalue weighted by molar-refractivity contribution is 7.92. The predicted molar refractivity (Wildman–Crippen MR) is 125 cm³/mol. The molecule has 1 amide bonds. The number of carbonyl (C=O) groups is 1. The Morgan fingerprint density at radius 3 is 2.33 bits per heavy atom. The summed E-state index contributed by atoms with van der Waals surface area (Å²) >= 11 is 5.92. The van der Waals surface area contributed by atoms with Crippen molar-refractivity contribution in [1.29, 1.82) is 0 Å². The summed E-state index contributed by atoms with van der Waals surface area (Å²) in [6, 6.07) is 7.67. The summed E-state index contributed by atoms with van der Waals surface area (Å²) in [6.07, 6.45) is 6.01. The number of carbonyl (C=O) groups excluding carboxylic acids is 1. The maximum Gasteiger partial charge on any atom is 0.264 e. The van der Waals surface area contributed by atoms with Gasteiger partial charge in [0.05, 0.1) is 29.8 Å². The molecule has 1 aliphatic rings. The van der Waals surface area contributed by atoms with Crippen LogP contribution in [-0.4, -0.2) is 41.1 Å². The summed E-state index contributed by atoms with van der Waals surface area (Å²) in [7, 11) is -1.39. The van der Waals surface area contributed by atoms with Gasteiger partial charge in [0.2, 0.25) is 5.91 Å². The van der Waals surface area contributed by atoms with Crippen LogP contribution in [0.4, 0.5) is 10.1 Å². The molecule has 0 heterocycles. The van der Waals surface area contributed by atoms with Gasteiger partial charge in [-0.3, -0.25) is 9.10 Å².